The molecule has 0 aliphatic carbocycles. The van der Waals surface area contributed by atoms with Gasteiger partial charge in [0.1, 0.15) is 5.69 Å². The number of benzene rings is 1. The van der Waals surface area contributed by atoms with E-state index < -0.39 is 0 Å². The number of aromatic amines is 1. The number of carbonyl (C=O) groups is 1. The Hall–Kier alpha value is -1.55. The van der Waals surface area contributed by atoms with E-state index in [0.29, 0.717) is 5.69 Å². The van der Waals surface area contributed by atoms with Crippen LogP contribution in [0.2, 0.25) is 0 Å². The molecule has 2 rings (SSSR count). The molecule has 0 aliphatic rings. The summed E-state index contributed by atoms with van der Waals surface area (Å²) in [5, 5.41) is 2.81. The highest BCUT2D eigenvalue weighted by atomic mass is 79.9. The van der Waals surface area contributed by atoms with Crippen molar-refractivity contribution in [2.75, 3.05) is 5.32 Å². The SMILES string of the molecule is Cc1ccc(NC(=O)c2cc(Br)c[nH]2)cc1. The van der Waals surface area contributed by atoms with Gasteiger partial charge < -0.3 is 10.3 Å². The smallest absolute Gasteiger partial charge is 0.272 e. The van der Waals surface area contributed by atoms with Crippen molar-refractivity contribution in [2.24, 2.45) is 0 Å². The summed E-state index contributed by atoms with van der Waals surface area (Å²) < 4.78 is 0.863. The number of hydrogen-bond acceptors (Lipinski definition) is 1. The highest BCUT2D eigenvalue weighted by Gasteiger charge is 2.07. The molecule has 16 heavy (non-hydrogen) atoms. The van der Waals surface area contributed by atoms with Crippen LogP contribution in [-0.2, 0) is 0 Å². The van der Waals surface area contributed by atoms with Crippen LogP contribution >= 0.6 is 15.9 Å². The maximum Gasteiger partial charge on any atom is 0.272 e. The van der Waals surface area contributed by atoms with Crippen molar-refractivity contribution in [2.45, 2.75) is 6.92 Å². The molecule has 1 heterocycles. The first-order chi connectivity index (χ1) is 7.65. The summed E-state index contributed by atoms with van der Waals surface area (Å²) in [6.45, 7) is 2.01. The van der Waals surface area contributed by atoms with E-state index in [4.69, 9.17) is 0 Å². The van der Waals surface area contributed by atoms with Gasteiger partial charge in [0.25, 0.3) is 5.91 Å². The lowest BCUT2D eigenvalue weighted by Crippen LogP contribution is -2.11. The van der Waals surface area contributed by atoms with Crippen molar-refractivity contribution in [3.8, 4) is 0 Å². The molecule has 0 unspecified atom stereocenters. The lowest BCUT2D eigenvalue weighted by molar-refractivity contribution is 0.102. The van der Waals surface area contributed by atoms with Crippen LogP contribution in [0.1, 0.15) is 16.1 Å². The summed E-state index contributed by atoms with van der Waals surface area (Å²) in [5.74, 6) is -0.144. The zero-order valence-electron chi connectivity index (χ0n) is 8.75. The quantitative estimate of drug-likeness (QED) is 0.870. The van der Waals surface area contributed by atoms with Gasteiger partial charge in [-0.3, -0.25) is 4.79 Å². The van der Waals surface area contributed by atoms with Gasteiger partial charge in [-0.25, -0.2) is 0 Å². The van der Waals surface area contributed by atoms with E-state index in [1.165, 1.54) is 5.56 Å². The molecule has 0 saturated carbocycles. The first kappa shape index (κ1) is 11.0. The third-order valence-electron chi connectivity index (χ3n) is 2.20. The molecule has 0 saturated heterocycles. The number of hydrogen-bond donors (Lipinski definition) is 2. The van der Waals surface area contributed by atoms with E-state index in [0.717, 1.165) is 10.2 Å². The van der Waals surface area contributed by atoms with E-state index >= 15 is 0 Å². The lowest BCUT2D eigenvalue weighted by atomic mass is 10.2. The van der Waals surface area contributed by atoms with E-state index in [2.05, 4.69) is 26.2 Å². The van der Waals surface area contributed by atoms with E-state index in [-0.39, 0.29) is 5.91 Å². The molecule has 3 nitrogen and oxygen atoms in total. The minimum atomic E-state index is -0.144. The fourth-order valence-electron chi connectivity index (χ4n) is 1.33. The fraction of sp³-hybridized carbons (Fsp3) is 0.0833. The number of halogens is 1. The van der Waals surface area contributed by atoms with Crippen LogP contribution in [0.25, 0.3) is 0 Å². The van der Waals surface area contributed by atoms with Crippen molar-refractivity contribution in [1.82, 2.24) is 4.98 Å². The van der Waals surface area contributed by atoms with Crippen LogP contribution in [0.5, 0.6) is 0 Å². The Morgan fingerprint density at radius 1 is 1.31 bits per heavy atom. The second kappa shape index (κ2) is 4.53. The Morgan fingerprint density at radius 2 is 2.00 bits per heavy atom. The molecule has 2 aromatic rings. The standard InChI is InChI=1S/C12H11BrN2O/c1-8-2-4-10(5-3-8)15-12(16)11-6-9(13)7-14-11/h2-7,14H,1H3,(H,15,16). The Balaban J connectivity index is 2.10. The number of amides is 1. The van der Waals surface area contributed by atoms with Gasteiger partial charge >= 0.3 is 0 Å². The first-order valence-electron chi connectivity index (χ1n) is 4.87. The molecule has 0 radical (unpaired) electrons. The predicted octanol–water partition coefficient (Wildman–Crippen LogP) is 3.34. The van der Waals surface area contributed by atoms with Crippen LogP contribution in [0.15, 0.2) is 41.0 Å². The largest absolute Gasteiger partial charge is 0.356 e. The minimum Gasteiger partial charge on any atom is -0.356 e. The number of aromatic nitrogens is 1. The molecule has 2 N–H and O–H groups in total. The van der Waals surface area contributed by atoms with Crippen molar-refractivity contribution >= 4 is 27.5 Å². The van der Waals surface area contributed by atoms with Gasteiger partial charge in [-0.1, -0.05) is 17.7 Å². The molecule has 1 aromatic carbocycles. The van der Waals surface area contributed by atoms with Gasteiger partial charge in [0.2, 0.25) is 0 Å². The summed E-state index contributed by atoms with van der Waals surface area (Å²) in [6.07, 6.45) is 1.73. The topological polar surface area (TPSA) is 44.9 Å². The van der Waals surface area contributed by atoms with Gasteiger partial charge in [0.05, 0.1) is 0 Å². The molecule has 82 valence electrons. The van der Waals surface area contributed by atoms with E-state index in [1.807, 2.05) is 31.2 Å². The van der Waals surface area contributed by atoms with Crippen LogP contribution < -0.4 is 5.32 Å². The molecule has 0 bridgehead atoms. The number of H-pyrrole nitrogens is 1. The fourth-order valence-corrected chi connectivity index (χ4v) is 1.68. The van der Waals surface area contributed by atoms with Gasteiger partial charge in [-0.05, 0) is 41.1 Å². The van der Waals surface area contributed by atoms with Crippen molar-refractivity contribution in [3.63, 3.8) is 0 Å². The van der Waals surface area contributed by atoms with Crippen LogP contribution in [0, 0.1) is 6.92 Å². The maximum atomic E-state index is 11.7. The lowest BCUT2D eigenvalue weighted by Gasteiger charge is -2.03. The monoisotopic (exact) mass is 278 g/mol. The summed E-state index contributed by atoms with van der Waals surface area (Å²) in [5.41, 5.74) is 2.49. The molecule has 0 atom stereocenters. The van der Waals surface area contributed by atoms with Gasteiger partial charge in [0.15, 0.2) is 0 Å². The summed E-state index contributed by atoms with van der Waals surface area (Å²) in [6, 6.07) is 9.42. The van der Waals surface area contributed by atoms with Crippen LogP contribution in [-0.4, -0.2) is 10.9 Å². The predicted molar refractivity (Wildman–Crippen MR) is 67.6 cm³/mol. The zero-order chi connectivity index (χ0) is 11.5. The molecule has 1 aromatic heterocycles. The van der Waals surface area contributed by atoms with Crippen LogP contribution in [0.3, 0.4) is 0 Å². The molecular formula is C12H11BrN2O. The normalized spacial score (nSPS) is 10.1. The van der Waals surface area contributed by atoms with Crippen molar-refractivity contribution in [3.05, 3.63) is 52.3 Å². The van der Waals surface area contributed by atoms with E-state index in [9.17, 15) is 4.79 Å². The third-order valence-corrected chi connectivity index (χ3v) is 2.66. The second-order valence-corrected chi connectivity index (χ2v) is 4.47. The number of rotatable bonds is 2. The second-order valence-electron chi connectivity index (χ2n) is 3.55. The molecule has 4 heteroatoms. The molecule has 0 spiro atoms. The molecular weight excluding hydrogens is 268 g/mol. The summed E-state index contributed by atoms with van der Waals surface area (Å²) in [4.78, 5) is 14.6. The summed E-state index contributed by atoms with van der Waals surface area (Å²) in [7, 11) is 0. The number of anilines is 1. The highest BCUT2D eigenvalue weighted by molar-refractivity contribution is 9.10. The van der Waals surface area contributed by atoms with E-state index in [1.54, 1.807) is 12.3 Å². The van der Waals surface area contributed by atoms with Gasteiger partial charge in [-0.2, -0.15) is 0 Å². The minimum absolute atomic E-state index is 0.144. The molecule has 0 aliphatic heterocycles. The van der Waals surface area contributed by atoms with Crippen molar-refractivity contribution < 1.29 is 4.79 Å². The van der Waals surface area contributed by atoms with Gasteiger partial charge in [-0.15, -0.1) is 0 Å². The average Bonchev–Trinajstić information content (AvgIpc) is 2.68. The summed E-state index contributed by atoms with van der Waals surface area (Å²) >= 11 is 3.28. The Labute approximate surface area is 102 Å². The van der Waals surface area contributed by atoms with Crippen LogP contribution in [0.4, 0.5) is 5.69 Å². The first-order valence-corrected chi connectivity index (χ1v) is 5.66. The third kappa shape index (κ3) is 2.52. The van der Waals surface area contributed by atoms with Crippen molar-refractivity contribution in [1.29, 1.82) is 0 Å². The highest BCUT2D eigenvalue weighted by Crippen LogP contribution is 2.13. The molecule has 1 amide bonds. The maximum absolute atomic E-state index is 11.7. The molecule has 0 fully saturated rings. The Kier molecular flexibility index (Phi) is 3.10. The Bertz CT molecular complexity index is 502. The number of aryl methyl sites for hydroxylation is 1. The zero-order valence-corrected chi connectivity index (χ0v) is 10.3. The van der Waals surface area contributed by atoms with Gasteiger partial charge in [0, 0.05) is 16.4 Å². The number of carbonyl (C=O) groups excluding carboxylic acids is 1. The number of nitrogens with one attached hydrogen (secondary N) is 2. The average molecular weight is 279 g/mol. The Morgan fingerprint density at radius 3 is 2.56 bits per heavy atom.